The fourth-order valence-electron chi connectivity index (χ4n) is 2.77. The SMILES string of the molecule is Cc1cc(C(=O)N=c2sc3c4ccccc4ccc3n2C)nn1C. The molecule has 1 amide bonds. The minimum Gasteiger partial charge on any atom is -0.319 e. The van der Waals surface area contributed by atoms with E-state index in [9.17, 15) is 4.79 Å². The highest BCUT2D eigenvalue weighted by Gasteiger charge is 2.12. The van der Waals surface area contributed by atoms with Crippen LogP contribution in [0, 0.1) is 6.92 Å². The Morgan fingerprint density at radius 3 is 2.71 bits per heavy atom. The zero-order valence-electron chi connectivity index (χ0n) is 13.6. The number of carbonyl (C=O) groups is 1. The molecule has 0 saturated heterocycles. The van der Waals surface area contributed by atoms with Gasteiger partial charge in [0.05, 0.1) is 10.2 Å². The Balaban J connectivity index is 1.91. The first-order valence-electron chi connectivity index (χ1n) is 7.61. The standard InChI is InChI=1S/C18H16N4OS/c1-11-10-14(20-22(11)3)17(23)19-18-21(2)15-9-8-12-6-4-5-7-13(12)16(15)24-18/h4-10H,1-3H3. The first kappa shape index (κ1) is 14.8. The number of nitrogens with zero attached hydrogens (tertiary/aromatic N) is 4. The molecule has 0 saturated carbocycles. The van der Waals surface area contributed by atoms with Gasteiger partial charge in [0.1, 0.15) is 0 Å². The summed E-state index contributed by atoms with van der Waals surface area (Å²) in [6, 6.07) is 14.2. The number of benzene rings is 2. The van der Waals surface area contributed by atoms with Gasteiger partial charge in [-0.05, 0) is 24.4 Å². The van der Waals surface area contributed by atoms with Gasteiger partial charge in [-0.3, -0.25) is 9.48 Å². The van der Waals surface area contributed by atoms with E-state index >= 15 is 0 Å². The molecule has 0 spiro atoms. The molecule has 120 valence electrons. The Kier molecular flexibility index (Phi) is 3.35. The molecule has 0 aliphatic rings. The van der Waals surface area contributed by atoms with Crippen molar-refractivity contribution in [3.63, 3.8) is 0 Å². The van der Waals surface area contributed by atoms with Crippen molar-refractivity contribution in [3.05, 3.63) is 58.7 Å². The molecular formula is C18H16N4OS. The van der Waals surface area contributed by atoms with Crippen molar-refractivity contribution in [1.82, 2.24) is 14.3 Å². The molecule has 24 heavy (non-hydrogen) atoms. The lowest BCUT2D eigenvalue weighted by molar-refractivity contribution is 0.0992. The first-order valence-corrected chi connectivity index (χ1v) is 8.43. The summed E-state index contributed by atoms with van der Waals surface area (Å²) < 4.78 is 4.78. The molecule has 2 aromatic carbocycles. The lowest BCUT2D eigenvalue weighted by atomic mass is 10.1. The maximum absolute atomic E-state index is 12.4. The van der Waals surface area contributed by atoms with Gasteiger partial charge in [-0.2, -0.15) is 10.1 Å². The van der Waals surface area contributed by atoms with Crippen molar-refractivity contribution in [3.8, 4) is 0 Å². The lowest BCUT2D eigenvalue weighted by Crippen LogP contribution is -2.13. The summed E-state index contributed by atoms with van der Waals surface area (Å²) in [5.41, 5.74) is 2.38. The number of aromatic nitrogens is 3. The second kappa shape index (κ2) is 5.42. The van der Waals surface area contributed by atoms with Crippen molar-refractivity contribution >= 4 is 38.2 Å². The molecule has 5 nitrogen and oxygen atoms in total. The summed E-state index contributed by atoms with van der Waals surface area (Å²) in [5.74, 6) is -0.315. The molecular weight excluding hydrogens is 320 g/mol. The minimum absolute atomic E-state index is 0.315. The fourth-order valence-corrected chi connectivity index (χ4v) is 3.92. The number of aryl methyl sites for hydroxylation is 3. The second-order valence-electron chi connectivity index (χ2n) is 5.79. The van der Waals surface area contributed by atoms with Crippen LogP contribution in [-0.2, 0) is 14.1 Å². The third-order valence-electron chi connectivity index (χ3n) is 4.23. The summed E-state index contributed by atoms with van der Waals surface area (Å²) in [4.78, 5) is 17.4. The minimum atomic E-state index is -0.315. The van der Waals surface area contributed by atoms with E-state index in [-0.39, 0.29) is 5.91 Å². The van der Waals surface area contributed by atoms with Crippen LogP contribution in [0.4, 0.5) is 0 Å². The summed E-state index contributed by atoms with van der Waals surface area (Å²) >= 11 is 1.53. The molecule has 0 radical (unpaired) electrons. The molecule has 0 atom stereocenters. The predicted octanol–water partition coefficient (Wildman–Crippen LogP) is 3.18. The van der Waals surface area contributed by atoms with Crippen LogP contribution in [0.2, 0.25) is 0 Å². The maximum atomic E-state index is 12.4. The van der Waals surface area contributed by atoms with Gasteiger partial charge < -0.3 is 4.57 Å². The van der Waals surface area contributed by atoms with Gasteiger partial charge in [-0.1, -0.05) is 41.7 Å². The van der Waals surface area contributed by atoms with Crippen molar-refractivity contribution in [2.75, 3.05) is 0 Å². The van der Waals surface area contributed by atoms with E-state index in [0.29, 0.717) is 10.5 Å². The van der Waals surface area contributed by atoms with Crippen molar-refractivity contribution in [1.29, 1.82) is 0 Å². The molecule has 6 heteroatoms. The quantitative estimate of drug-likeness (QED) is 0.536. The average molecular weight is 336 g/mol. The number of hydrogen-bond acceptors (Lipinski definition) is 3. The van der Waals surface area contributed by atoms with E-state index in [1.54, 1.807) is 10.7 Å². The van der Waals surface area contributed by atoms with Crippen LogP contribution in [0.25, 0.3) is 21.0 Å². The van der Waals surface area contributed by atoms with Crippen molar-refractivity contribution < 1.29 is 4.79 Å². The Bertz CT molecular complexity index is 1140. The molecule has 0 N–H and O–H groups in total. The Hall–Kier alpha value is -2.73. The Morgan fingerprint density at radius 2 is 1.96 bits per heavy atom. The predicted molar refractivity (Wildman–Crippen MR) is 96.1 cm³/mol. The number of amides is 1. The van der Waals surface area contributed by atoms with Crippen LogP contribution in [0.5, 0.6) is 0 Å². The average Bonchev–Trinajstić information content (AvgIpc) is 3.08. The highest BCUT2D eigenvalue weighted by atomic mass is 32.1. The number of thiazole rings is 1. The summed E-state index contributed by atoms with van der Waals surface area (Å²) in [5, 5.41) is 6.57. The molecule has 2 aromatic heterocycles. The van der Waals surface area contributed by atoms with Gasteiger partial charge in [0, 0.05) is 25.2 Å². The monoisotopic (exact) mass is 336 g/mol. The number of rotatable bonds is 1. The summed E-state index contributed by atoms with van der Waals surface area (Å²) in [6.07, 6.45) is 0. The van der Waals surface area contributed by atoms with Crippen LogP contribution in [0.15, 0.2) is 47.5 Å². The van der Waals surface area contributed by atoms with Crippen LogP contribution >= 0.6 is 11.3 Å². The topological polar surface area (TPSA) is 52.2 Å². The molecule has 4 rings (SSSR count). The summed E-state index contributed by atoms with van der Waals surface area (Å²) in [7, 11) is 3.75. The lowest BCUT2D eigenvalue weighted by Gasteiger charge is -1.99. The molecule has 2 heterocycles. The van der Waals surface area contributed by atoms with E-state index < -0.39 is 0 Å². The van der Waals surface area contributed by atoms with Gasteiger partial charge in [0.2, 0.25) is 0 Å². The number of fused-ring (bicyclic) bond motifs is 3. The fraction of sp³-hybridized carbons (Fsp3) is 0.167. The van der Waals surface area contributed by atoms with Gasteiger partial charge in [-0.15, -0.1) is 0 Å². The van der Waals surface area contributed by atoms with E-state index in [1.807, 2.05) is 37.7 Å². The third-order valence-corrected chi connectivity index (χ3v) is 5.41. The zero-order valence-corrected chi connectivity index (χ0v) is 14.5. The van der Waals surface area contributed by atoms with Crippen molar-refractivity contribution in [2.45, 2.75) is 6.92 Å². The molecule has 0 unspecified atom stereocenters. The van der Waals surface area contributed by atoms with Gasteiger partial charge >= 0.3 is 0 Å². The normalized spacial score (nSPS) is 12.4. The van der Waals surface area contributed by atoms with Crippen LogP contribution in [0.3, 0.4) is 0 Å². The Morgan fingerprint density at radius 1 is 1.17 bits per heavy atom. The molecule has 0 bridgehead atoms. The molecule has 0 aliphatic heterocycles. The highest BCUT2D eigenvalue weighted by molar-refractivity contribution is 7.17. The largest absolute Gasteiger partial charge is 0.319 e. The first-order chi connectivity index (χ1) is 11.5. The van der Waals surface area contributed by atoms with Gasteiger partial charge in [0.25, 0.3) is 5.91 Å². The molecule has 0 fully saturated rings. The van der Waals surface area contributed by atoms with E-state index in [2.05, 4.69) is 34.4 Å². The highest BCUT2D eigenvalue weighted by Crippen LogP contribution is 2.27. The van der Waals surface area contributed by atoms with Gasteiger partial charge in [0.15, 0.2) is 10.5 Å². The smallest absolute Gasteiger partial charge is 0.300 e. The van der Waals surface area contributed by atoms with E-state index in [1.165, 1.54) is 22.1 Å². The van der Waals surface area contributed by atoms with Gasteiger partial charge in [-0.25, -0.2) is 0 Å². The van der Waals surface area contributed by atoms with E-state index in [4.69, 9.17) is 0 Å². The van der Waals surface area contributed by atoms with Crippen LogP contribution < -0.4 is 4.80 Å². The maximum Gasteiger partial charge on any atom is 0.300 e. The van der Waals surface area contributed by atoms with E-state index in [0.717, 1.165) is 15.9 Å². The third kappa shape index (κ3) is 2.27. The van der Waals surface area contributed by atoms with Crippen LogP contribution in [-0.4, -0.2) is 20.3 Å². The van der Waals surface area contributed by atoms with Crippen molar-refractivity contribution in [2.24, 2.45) is 19.1 Å². The number of hydrogen-bond donors (Lipinski definition) is 0. The zero-order chi connectivity index (χ0) is 16.8. The Labute approximate surface area is 142 Å². The second-order valence-corrected chi connectivity index (χ2v) is 6.77. The molecule has 4 aromatic rings. The van der Waals surface area contributed by atoms with Crippen LogP contribution in [0.1, 0.15) is 16.2 Å². The summed E-state index contributed by atoms with van der Waals surface area (Å²) in [6.45, 7) is 1.91. The molecule has 0 aliphatic carbocycles. The number of carbonyl (C=O) groups excluding carboxylic acids is 1.